The van der Waals surface area contributed by atoms with Crippen molar-refractivity contribution in [3.05, 3.63) is 24.3 Å². The van der Waals surface area contributed by atoms with Gasteiger partial charge >= 0.3 is 0 Å². The summed E-state index contributed by atoms with van der Waals surface area (Å²) in [5.41, 5.74) is 0.815. The molecule has 110 valence electrons. The predicted molar refractivity (Wildman–Crippen MR) is 78.1 cm³/mol. The molecule has 1 amide bonds. The standard InChI is InChI=1S/C15H22N2O3/c1-3-12(18)10-16-8-9-17(15(19)11-16)13-6-4-5-7-14(13)20-2/h4-7,12,18H,3,8-11H2,1-2H3/t12-/m1/s1. The molecule has 0 bridgehead atoms. The first-order valence-electron chi connectivity index (χ1n) is 6.99. The van der Waals surface area contributed by atoms with E-state index in [-0.39, 0.29) is 12.0 Å². The molecular weight excluding hydrogens is 256 g/mol. The van der Waals surface area contributed by atoms with Gasteiger partial charge in [0, 0.05) is 19.6 Å². The lowest BCUT2D eigenvalue weighted by Crippen LogP contribution is -2.52. The molecule has 5 heteroatoms. The molecule has 1 aliphatic heterocycles. The van der Waals surface area contributed by atoms with E-state index >= 15 is 0 Å². The minimum absolute atomic E-state index is 0.0454. The first-order valence-corrected chi connectivity index (χ1v) is 6.99. The van der Waals surface area contributed by atoms with Crippen LogP contribution in [0.2, 0.25) is 0 Å². The van der Waals surface area contributed by atoms with E-state index in [0.717, 1.165) is 12.2 Å². The minimum atomic E-state index is -0.361. The number of hydrogen-bond acceptors (Lipinski definition) is 4. The summed E-state index contributed by atoms with van der Waals surface area (Å²) in [6.07, 6.45) is 0.349. The number of piperazine rings is 1. The number of aliphatic hydroxyl groups excluding tert-OH is 1. The minimum Gasteiger partial charge on any atom is -0.495 e. The van der Waals surface area contributed by atoms with Gasteiger partial charge in [0.2, 0.25) is 5.91 Å². The van der Waals surface area contributed by atoms with Crippen molar-refractivity contribution in [1.29, 1.82) is 0 Å². The molecule has 0 unspecified atom stereocenters. The molecule has 1 atom stereocenters. The molecule has 1 fully saturated rings. The van der Waals surface area contributed by atoms with Crippen molar-refractivity contribution in [2.75, 3.05) is 38.2 Å². The number of nitrogens with zero attached hydrogens (tertiary/aromatic N) is 2. The van der Waals surface area contributed by atoms with Gasteiger partial charge in [-0.05, 0) is 18.6 Å². The molecule has 0 saturated carbocycles. The van der Waals surface area contributed by atoms with Crippen LogP contribution in [0.4, 0.5) is 5.69 Å². The number of carbonyl (C=O) groups is 1. The molecule has 1 heterocycles. The van der Waals surface area contributed by atoms with Crippen molar-refractivity contribution in [1.82, 2.24) is 4.90 Å². The van der Waals surface area contributed by atoms with Crippen LogP contribution in [0.15, 0.2) is 24.3 Å². The number of amides is 1. The van der Waals surface area contributed by atoms with Gasteiger partial charge in [-0.1, -0.05) is 19.1 Å². The second kappa shape index (κ2) is 6.72. The second-order valence-corrected chi connectivity index (χ2v) is 5.01. The van der Waals surface area contributed by atoms with Crippen LogP contribution in [0.3, 0.4) is 0 Å². The van der Waals surface area contributed by atoms with Gasteiger partial charge < -0.3 is 14.7 Å². The van der Waals surface area contributed by atoms with E-state index in [2.05, 4.69) is 0 Å². The Balaban J connectivity index is 2.05. The molecule has 1 saturated heterocycles. The number of para-hydroxylation sites is 2. The summed E-state index contributed by atoms with van der Waals surface area (Å²) in [6.45, 7) is 4.23. The number of ether oxygens (including phenoxy) is 1. The Morgan fingerprint density at radius 1 is 1.35 bits per heavy atom. The van der Waals surface area contributed by atoms with Gasteiger partial charge in [-0.2, -0.15) is 0 Å². The summed E-state index contributed by atoms with van der Waals surface area (Å²) in [5.74, 6) is 0.756. The van der Waals surface area contributed by atoms with Crippen LogP contribution in [0.5, 0.6) is 5.75 Å². The van der Waals surface area contributed by atoms with E-state index in [9.17, 15) is 9.90 Å². The Morgan fingerprint density at radius 3 is 2.75 bits per heavy atom. The van der Waals surface area contributed by atoms with Gasteiger partial charge in [0.25, 0.3) is 0 Å². The molecule has 0 aromatic heterocycles. The predicted octanol–water partition coefficient (Wildman–Crippen LogP) is 1.11. The van der Waals surface area contributed by atoms with Crippen LogP contribution in [-0.2, 0) is 4.79 Å². The number of hydrogen-bond donors (Lipinski definition) is 1. The zero-order valence-electron chi connectivity index (χ0n) is 12.1. The van der Waals surface area contributed by atoms with E-state index < -0.39 is 0 Å². The van der Waals surface area contributed by atoms with E-state index in [1.807, 2.05) is 36.1 Å². The van der Waals surface area contributed by atoms with Crippen molar-refractivity contribution in [3.8, 4) is 5.75 Å². The Hall–Kier alpha value is -1.59. The lowest BCUT2D eigenvalue weighted by Gasteiger charge is -2.35. The van der Waals surface area contributed by atoms with Gasteiger partial charge in [0.05, 0.1) is 25.4 Å². The maximum absolute atomic E-state index is 12.3. The summed E-state index contributed by atoms with van der Waals surface area (Å²) in [7, 11) is 1.61. The number of aliphatic hydroxyl groups is 1. The Labute approximate surface area is 119 Å². The summed E-state index contributed by atoms with van der Waals surface area (Å²) < 4.78 is 5.31. The van der Waals surface area contributed by atoms with Crippen molar-refractivity contribution in [2.45, 2.75) is 19.4 Å². The topological polar surface area (TPSA) is 53.0 Å². The Bertz CT molecular complexity index is 464. The zero-order valence-corrected chi connectivity index (χ0v) is 12.1. The molecule has 0 radical (unpaired) electrons. The fourth-order valence-electron chi connectivity index (χ4n) is 2.41. The van der Waals surface area contributed by atoms with E-state index in [1.54, 1.807) is 12.0 Å². The van der Waals surface area contributed by atoms with Gasteiger partial charge in [0.15, 0.2) is 0 Å². The summed E-state index contributed by atoms with van der Waals surface area (Å²) in [5, 5.41) is 9.67. The average molecular weight is 278 g/mol. The van der Waals surface area contributed by atoms with Gasteiger partial charge in [-0.3, -0.25) is 9.69 Å². The number of rotatable bonds is 5. The third-order valence-electron chi connectivity index (χ3n) is 3.62. The number of carbonyl (C=O) groups excluding carboxylic acids is 1. The normalized spacial score (nSPS) is 18.1. The summed E-state index contributed by atoms with van der Waals surface area (Å²) in [4.78, 5) is 16.1. The van der Waals surface area contributed by atoms with Crippen molar-refractivity contribution < 1.29 is 14.6 Å². The molecule has 1 N–H and O–H groups in total. The largest absolute Gasteiger partial charge is 0.495 e. The second-order valence-electron chi connectivity index (χ2n) is 5.01. The van der Waals surface area contributed by atoms with E-state index in [0.29, 0.717) is 31.8 Å². The summed E-state index contributed by atoms with van der Waals surface area (Å²) in [6, 6.07) is 7.54. The summed E-state index contributed by atoms with van der Waals surface area (Å²) >= 11 is 0. The monoisotopic (exact) mass is 278 g/mol. The van der Waals surface area contributed by atoms with Gasteiger partial charge in [0.1, 0.15) is 5.75 Å². The maximum atomic E-state index is 12.3. The van der Waals surface area contributed by atoms with Crippen LogP contribution in [0, 0.1) is 0 Å². The molecule has 0 spiro atoms. The lowest BCUT2D eigenvalue weighted by molar-refractivity contribution is -0.121. The quantitative estimate of drug-likeness (QED) is 0.877. The number of anilines is 1. The highest BCUT2D eigenvalue weighted by atomic mass is 16.5. The first kappa shape index (κ1) is 14.8. The molecule has 2 rings (SSSR count). The first-order chi connectivity index (χ1) is 9.65. The molecule has 1 aromatic carbocycles. The molecule has 1 aliphatic rings. The highest BCUT2D eigenvalue weighted by Crippen LogP contribution is 2.28. The number of methoxy groups -OCH3 is 1. The fraction of sp³-hybridized carbons (Fsp3) is 0.533. The van der Waals surface area contributed by atoms with Gasteiger partial charge in [-0.25, -0.2) is 0 Å². The number of benzene rings is 1. The molecule has 5 nitrogen and oxygen atoms in total. The van der Waals surface area contributed by atoms with Gasteiger partial charge in [-0.15, -0.1) is 0 Å². The van der Waals surface area contributed by atoms with Crippen LogP contribution < -0.4 is 9.64 Å². The maximum Gasteiger partial charge on any atom is 0.241 e. The van der Waals surface area contributed by atoms with Crippen LogP contribution >= 0.6 is 0 Å². The number of β-amino-alcohol motifs (C(OH)–C–C–N with tert-alkyl or cyclic N) is 1. The van der Waals surface area contributed by atoms with Crippen LogP contribution in [-0.4, -0.2) is 55.3 Å². The Kier molecular flexibility index (Phi) is 4.98. The lowest BCUT2D eigenvalue weighted by atomic mass is 10.2. The van der Waals surface area contributed by atoms with Crippen LogP contribution in [0.1, 0.15) is 13.3 Å². The molecule has 1 aromatic rings. The highest BCUT2D eigenvalue weighted by molar-refractivity contribution is 5.96. The zero-order chi connectivity index (χ0) is 14.5. The SMILES string of the molecule is CC[C@@H](O)CN1CCN(c2ccccc2OC)C(=O)C1. The highest BCUT2D eigenvalue weighted by Gasteiger charge is 2.27. The molecular formula is C15H22N2O3. The third kappa shape index (κ3) is 3.29. The van der Waals surface area contributed by atoms with Crippen molar-refractivity contribution >= 4 is 11.6 Å². The molecule has 20 heavy (non-hydrogen) atoms. The van der Waals surface area contributed by atoms with E-state index in [1.165, 1.54) is 0 Å². The van der Waals surface area contributed by atoms with Crippen LogP contribution in [0.25, 0.3) is 0 Å². The van der Waals surface area contributed by atoms with E-state index in [4.69, 9.17) is 4.74 Å². The Morgan fingerprint density at radius 2 is 2.10 bits per heavy atom. The smallest absolute Gasteiger partial charge is 0.241 e. The third-order valence-corrected chi connectivity index (χ3v) is 3.62. The average Bonchev–Trinajstić information content (AvgIpc) is 2.47. The van der Waals surface area contributed by atoms with Crippen molar-refractivity contribution in [3.63, 3.8) is 0 Å². The van der Waals surface area contributed by atoms with Crippen molar-refractivity contribution in [2.24, 2.45) is 0 Å². The fourth-order valence-corrected chi connectivity index (χ4v) is 2.41. The molecule has 0 aliphatic carbocycles.